The fourth-order valence-corrected chi connectivity index (χ4v) is 7.27. The standard InChI is InChI=1S/C39H27NS/c1-26-17-21-29(22-18-26)40(36-14-8-16-38-39(36)34-13-6-7-15-37(34)41-38)30-23-19-27(20-24-30)35-25-28-9-2-3-10-31(28)32-11-4-5-12-33(32)35/h2-25H,1H3. The highest BCUT2D eigenvalue weighted by Gasteiger charge is 2.18. The van der Waals surface area contributed by atoms with E-state index in [4.69, 9.17) is 0 Å². The molecule has 0 atom stereocenters. The van der Waals surface area contributed by atoms with Crippen LogP contribution in [0.5, 0.6) is 0 Å². The van der Waals surface area contributed by atoms with Gasteiger partial charge < -0.3 is 4.90 Å². The fourth-order valence-electron chi connectivity index (χ4n) is 6.15. The Balaban J connectivity index is 1.32. The number of benzene rings is 7. The molecule has 1 nitrogen and oxygen atoms in total. The summed E-state index contributed by atoms with van der Waals surface area (Å²) in [5.74, 6) is 0. The van der Waals surface area contributed by atoms with Gasteiger partial charge in [0.25, 0.3) is 0 Å². The van der Waals surface area contributed by atoms with E-state index in [1.54, 1.807) is 0 Å². The average Bonchev–Trinajstić information content (AvgIpc) is 3.42. The van der Waals surface area contributed by atoms with Gasteiger partial charge >= 0.3 is 0 Å². The number of fused-ring (bicyclic) bond motifs is 6. The third kappa shape index (κ3) is 3.99. The first-order chi connectivity index (χ1) is 20.2. The van der Waals surface area contributed by atoms with Gasteiger partial charge in [0.2, 0.25) is 0 Å². The summed E-state index contributed by atoms with van der Waals surface area (Å²) in [5.41, 5.74) is 7.24. The molecule has 0 saturated carbocycles. The summed E-state index contributed by atoms with van der Waals surface area (Å²) in [6.45, 7) is 2.14. The number of aryl methyl sites for hydroxylation is 1. The van der Waals surface area contributed by atoms with Crippen LogP contribution in [-0.2, 0) is 0 Å². The van der Waals surface area contributed by atoms with Crippen LogP contribution in [0, 0.1) is 6.92 Å². The van der Waals surface area contributed by atoms with Crippen LogP contribution in [-0.4, -0.2) is 0 Å². The first-order valence-corrected chi connectivity index (χ1v) is 14.8. The van der Waals surface area contributed by atoms with Gasteiger partial charge in [0, 0.05) is 31.5 Å². The monoisotopic (exact) mass is 541 g/mol. The molecular weight excluding hydrogens is 515 g/mol. The molecule has 0 unspecified atom stereocenters. The maximum atomic E-state index is 2.41. The molecule has 8 aromatic rings. The summed E-state index contributed by atoms with van der Waals surface area (Å²) in [4.78, 5) is 2.41. The van der Waals surface area contributed by atoms with Crippen molar-refractivity contribution in [1.29, 1.82) is 0 Å². The van der Waals surface area contributed by atoms with Crippen molar-refractivity contribution in [1.82, 2.24) is 0 Å². The number of hydrogen-bond donors (Lipinski definition) is 0. The van der Waals surface area contributed by atoms with Gasteiger partial charge in [0.1, 0.15) is 0 Å². The predicted molar refractivity (Wildman–Crippen MR) is 179 cm³/mol. The van der Waals surface area contributed by atoms with Crippen LogP contribution < -0.4 is 4.90 Å². The van der Waals surface area contributed by atoms with Crippen LogP contribution in [0.2, 0.25) is 0 Å². The summed E-state index contributed by atoms with van der Waals surface area (Å²) >= 11 is 1.86. The van der Waals surface area contributed by atoms with Crippen LogP contribution in [0.1, 0.15) is 5.56 Å². The highest BCUT2D eigenvalue weighted by atomic mass is 32.1. The first kappa shape index (κ1) is 23.9. The minimum absolute atomic E-state index is 1.14. The lowest BCUT2D eigenvalue weighted by molar-refractivity contribution is 1.29. The van der Waals surface area contributed by atoms with E-state index >= 15 is 0 Å². The van der Waals surface area contributed by atoms with Crippen LogP contribution in [0.3, 0.4) is 0 Å². The summed E-state index contributed by atoms with van der Waals surface area (Å²) in [6.07, 6.45) is 0. The molecule has 0 spiro atoms. The van der Waals surface area contributed by atoms with Gasteiger partial charge in [-0.3, -0.25) is 0 Å². The molecule has 2 heteroatoms. The van der Waals surface area contributed by atoms with E-state index < -0.39 is 0 Å². The molecule has 0 aliphatic rings. The highest BCUT2D eigenvalue weighted by Crippen LogP contribution is 2.45. The van der Waals surface area contributed by atoms with Crippen molar-refractivity contribution in [2.45, 2.75) is 6.92 Å². The molecule has 41 heavy (non-hydrogen) atoms. The third-order valence-electron chi connectivity index (χ3n) is 8.12. The molecule has 0 aliphatic heterocycles. The summed E-state index contributed by atoms with van der Waals surface area (Å²) in [6, 6.07) is 53.1. The quantitative estimate of drug-likeness (QED) is 0.200. The number of rotatable bonds is 4. The van der Waals surface area contributed by atoms with Gasteiger partial charge in [-0.15, -0.1) is 11.3 Å². The Morgan fingerprint density at radius 2 is 1.10 bits per heavy atom. The SMILES string of the molecule is Cc1ccc(N(c2ccc(-c3cc4ccccc4c4ccccc34)cc2)c2cccc3sc4ccccc4c23)cc1. The number of hydrogen-bond acceptors (Lipinski definition) is 2. The molecule has 194 valence electrons. The second-order valence-electron chi connectivity index (χ2n) is 10.7. The van der Waals surface area contributed by atoms with Crippen molar-refractivity contribution >= 4 is 70.1 Å². The first-order valence-electron chi connectivity index (χ1n) is 14.0. The maximum absolute atomic E-state index is 2.41. The molecule has 0 aliphatic carbocycles. The lowest BCUT2D eigenvalue weighted by Crippen LogP contribution is -2.10. The smallest absolute Gasteiger partial charge is 0.0554 e. The van der Waals surface area contributed by atoms with Crippen LogP contribution >= 0.6 is 11.3 Å². The molecule has 1 heterocycles. The van der Waals surface area contributed by atoms with E-state index in [9.17, 15) is 0 Å². The molecule has 0 bridgehead atoms. The molecule has 0 saturated heterocycles. The fraction of sp³-hybridized carbons (Fsp3) is 0.0256. The van der Waals surface area contributed by atoms with E-state index in [-0.39, 0.29) is 0 Å². The summed E-state index contributed by atoms with van der Waals surface area (Å²) < 4.78 is 2.62. The van der Waals surface area contributed by atoms with Crippen molar-refractivity contribution in [3.8, 4) is 11.1 Å². The molecule has 1 aromatic heterocycles. The van der Waals surface area contributed by atoms with Gasteiger partial charge in [0.05, 0.1) is 5.69 Å². The molecule has 8 rings (SSSR count). The molecule has 0 amide bonds. The van der Waals surface area contributed by atoms with E-state index in [1.165, 1.54) is 64.1 Å². The van der Waals surface area contributed by atoms with Crippen LogP contribution in [0.4, 0.5) is 17.1 Å². The summed E-state index contributed by atoms with van der Waals surface area (Å²) in [5, 5.41) is 7.75. The van der Waals surface area contributed by atoms with Crippen molar-refractivity contribution in [3.63, 3.8) is 0 Å². The van der Waals surface area contributed by atoms with Crippen molar-refractivity contribution in [2.24, 2.45) is 0 Å². The van der Waals surface area contributed by atoms with E-state index in [0.29, 0.717) is 0 Å². The number of nitrogens with zero attached hydrogens (tertiary/aromatic N) is 1. The Morgan fingerprint density at radius 3 is 1.88 bits per heavy atom. The zero-order valence-corrected chi connectivity index (χ0v) is 23.5. The van der Waals surface area contributed by atoms with Gasteiger partial charge in [-0.1, -0.05) is 103 Å². The number of anilines is 3. The van der Waals surface area contributed by atoms with E-state index in [0.717, 1.165) is 11.4 Å². The highest BCUT2D eigenvalue weighted by molar-refractivity contribution is 7.26. The van der Waals surface area contributed by atoms with Crippen LogP contribution in [0.25, 0.3) is 52.8 Å². The van der Waals surface area contributed by atoms with Gasteiger partial charge in [-0.05, 0) is 88.1 Å². The minimum atomic E-state index is 1.14. The Bertz CT molecular complexity index is 2200. The molecule has 0 fully saturated rings. The Kier molecular flexibility index (Phi) is 5.61. The maximum Gasteiger partial charge on any atom is 0.0554 e. The zero-order valence-electron chi connectivity index (χ0n) is 22.7. The van der Waals surface area contributed by atoms with E-state index in [2.05, 4.69) is 157 Å². The van der Waals surface area contributed by atoms with Gasteiger partial charge in [-0.2, -0.15) is 0 Å². The van der Waals surface area contributed by atoms with Crippen molar-refractivity contribution in [3.05, 3.63) is 151 Å². The zero-order chi connectivity index (χ0) is 27.3. The third-order valence-corrected chi connectivity index (χ3v) is 9.25. The lowest BCUT2D eigenvalue weighted by Gasteiger charge is -2.27. The predicted octanol–water partition coefficient (Wildman–Crippen LogP) is 11.8. The minimum Gasteiger partial charge on any atom is -0.310 e. The van der Waals surface area contributed by atoms with E-state index in [1.807, 2.05) is 11.3 Å². The molecular formula is C39H27NS. The van der Waals surface area contributed by atoms with Gasteiger partial charge in [0.15, 0.2) is 0 Å². The lowest BCUT2D eigenvalue weighted by atomic mass is 9.93. The Morgan fingerprint density at radius 1 is 0.488 bits per heavy atom. The number of thiophene rings is 1. The Hall–Kier alpha value is -4.92. The Labute approximate surface area is 243 Å². The largest absolute Gasteiger partial charge is 0.310 e. The van der Waals surface area contributed by atoms with Crippen molar-refractivity contribution < 1.29 is 0 Å². The average molecular weight is 542 g/mol. The second-order valence-corrected chi connectivity index (χ2v) is 11.7. The van der Waals surface area contributed by atoms with Crippen LogP contribution in [0.15, 0.2) is 146 Å². The molecule has 0 radical (unpaired) electrons. The normalized spacial score (nSPS) is 11.5. The molecule has 0 N–H and O–H groups in total. The second kappa shape index (κ2) is 9.62. The topological polar surface area (TPSA) is 3.24 Å². The van der Waals surface area contributed by atoms with Gasteiger partial charge in [-0.25, -0.2) is 0 Å². The molecule has 7 aromatic carbocycles. The van der Waals surface area contributed by atoms with Crippen molar-refractivity contribution in [2.75, 3.05) is 4.90 Å². The summed E-state index contributed by atoms with van der Waals surface area (Å²) in [7, 11) is 0.